The van der Waals surface area contributed by atoms with Crippen LogP contribution in [0.3, 0.4) is 0 Å². The van der Waals surface area contributed by atoms with Gasteiger partial charge in [-0.1, -0.05) is 6.42 Å². The lowest BCUT2D eigenvalue weighted by Crippen LogP contribution is -2.41. The molecule has 1 aromatic heterocycles. The average molecular weight is 481 g/mol. The summed E-state index contributed by atoms with van der Waals surface area (Å²) in [7, 11) is 0. The van der Waals surface area contributed by atoms with Crippen molar-refractivity contribution in [3.05, 3.63) is 52.1 Å². The van der Waals surface area contributed by atoms with Crippen LogP contribution >= 0.6 is 0 Å². The van der Waals surface area contributed by atoms with E-state index in [9.17, 15) is 14.0 Å². The summed E-state index contributed by atoms with van der Waals surface area (Å²) >= 11 is 0. The molecule has 35 heavy (non-hydrogen) atoms. The Kier molecular flexibility index (Phi) is 7.29. The summed E-state index contributed by atoms with van der Waals surface area (Å²) in [6, 6.07) is 4.34. The minimum absolute atomic E-state index is 0.0338. The quantitative estimate of drug-likeness (QED) is 0.419. The molecule has 5 rings (SSSR count). The molecule has 186 valence electrons. The predicted octanol–water partition coefficient (Wildman–Crippen LogP) is 3.30. The highest BCUT2D eigenvalue weighted by molar-refractivity contribution is 6.34. The Hall–Kier alpha value is -2.97. The van der Waals surface area contributed by atoms with E-state index in [-0.39, 0.29) is 17.6 Å². The molecule has 1 saturated heterocycles. The number of fused-ring (bicyclic) bond motifs is 2. The van der Waals surface area contributed by atoms with Crippen molar-refractivity contribution < 1.29 is 18.7 Å². The minimum atomic E-state index is -0.373. The molecular weight excluding hydrogens is 447 g/mol. The van der Waals surface area contributed by atoms with Gasteiger partial charge in [-0.15, -0.1) is 0 Å². The number of aromatic nitrogens is 1. The summed E-state index contributed by atoms with van der Waals surface area (Å²) < 4.78 is 19.3. The van der Waals surface area contributed by atoms with Gasteiger partial charge in [0, 0.05) is 55.2 Å². The summed E-state index contributed by atoms with van der Waals surface area (Å²) in [5.74, 6) is -0.573. The fraction of sp³-hybridized carbons (Fsp3) is 0.481. The number of carbonyl (C=O) groups excluding carboxylic acids is 2. The molecule has 3 heterocycles. The number of nitrogens with one attached hydrogen (secondary N) is 3. The zero-order valence-corrected chi connectivity index (χ0v) is 20.1. The minimum Gasteiger partial charge on any atom is -0.379 e. The molecule has 1 fully saturated rings. The second-order valence-corrected chi connectivity index (χ2v) is 9.54. The molecule has 2 aromatic rings. The van der Waals surface area contributed by atoms with Crippen LogP contribution in [-0.2, 0) is 33.6 Å². The van der Waals surface area contributed by atoms with Gasteiger partial charge in [-0.2, -0.15) is 0 Å². The Balaban J connectivity index is 1.32. The van der Waals surface area contributed by atoms with Gasteiger partial charge < -0.3 is 20.4 Å². The fourth-order valence-corrected chi connectivity index (χ4v) is 5.32. The second kappa shape index (κ2) is 10.7. The first kappa shape index (κ1) is 23.8. The highest BCUT2D eigenvalue weighted by atomic mass is 19.1. The van der Waals surface area contributed by atoms with E-state index in [2.05, 4.69) is 20.5 Å². The number of halogens is 1. The molecule has 3 aliphatic rings. The lowest BCUT2D eigenvalue weighted by molar-refractivity contribution is -0.121. The number of H-pyrrole nitrogens is 1. The van der Waals surface area contributed by atoms with E-state index in [1.54, 1.807) is 6.07 Å². The summed E-state index contributed by atoms with van der Waals surface area (Å²) in [4.78, 5) is 31.2. The number of benzene rings is 1. The number of morpholine rings is 1. The maximum atomic E-state index is 13.9. The SMILES string of the molecule is O=C(CCc1c(/C=C2\C(=O)Nc3ccc(F)cc32)[nH]c2c1CCCCC2)NCCN1CCOCC1. The molecule has 1 aliphatic carbocycles. The van der Waals surface area contributed by atoms with E-state index in [0.717, 1.165) is 69.8 Å². The number of nitrogens with zero attached hydrogens (tertiary/aromatic N) is 1. The molecule has 0 unspecified atom stereocenters. The first-order chi connectivity index (χ1) is 17.1. The molecule has 1 aromatic carbocycles. The zero-order chi connectivity index (χ0) is 24.2. The molecule has 2 amide bonds. The van der Waals surface area contributed by atoms with Crippen molar-refractivity contribution >= 4 is 29.2 Å². The first-order valence-corrected chi connectivity index (χ1v) is 12.7. The maximum Gasteiger partial charge on any atom is 0.256 e. The molecule has 3 N–H and O–H groups in total. The third-order valence-electron chi connectivity index (χ3n) is 7.20. The zero-order valence-electron chi connectivity index (χ0n) is 20.1. The van der Waals surface area contributed by atoms with Gasteiger partial charge in [0.1, 0.15) is 5.82 Å². The average Bonchev–Trinajstić information content (AvgIpc) is 3.23. The van der Waals surface area contributed by atoms with Crippen molar-refractivity contribution in [1.29, 1.82) is 0 Å². The number of aryl methyl sites for hydroxylation is 1. The summed E-state index contributed by atoms with van der Waals surface area (Å²) in [5, 5.41) is 5.87. The van der Waals surface area contributed by atoms with Gasteiger partial charge in [-0.05, 0) is 67.5 Å². The Bertz CT molecular complexity index is 1130. The number of rotatable bonds is 7. The van der Waals surface area contributed by atoms with Gasteiger partial charge in [-0.25, -0.2) is 4.39 Å². The monoisotopic (exact) mass is 480 g/mol. The summed E-state index contributed by atoms with van der Waals surface area (Å²) in [6.07, 6.45) is 8.20. The Labute approximate surface area is 205 Å². The lowest BCUT2D eigenvalue weighted by Gasteiger charge is -2.26. The van der Waals surface area contributed by atoms with Gasteiger partial charge in [-0.3, -0.25) is 14.5 Å². The van der Waals surface area contributed by atoms with Crippen molar-refractivity contribution in [1.82, 2.24) is 15.2 Å². The number of aromatic amines is 1. The Morgan fingerprint density at radius 3 is 2.86 bits per heavy atom. The van der Waals surface area contributed by atoms with E-state index >= 15 is 0 Å². The van der Waals surface area contributed by atoms with E-state index in [4.69, 9.17) is 4.74 Å². The molecule has 8 heteroatoms. The van der Waals surface area contributed by atoms with Crippen molar-refractivity contribution in [3.63, 3.8) is 0 Å². The largest absolute Gasteiger partial charge is 0.379 e. The number of anilines is 1. The Morgan fingerprint density at radius 2 is 2.00 bits per heavy atom. The third kappa shape index (κ3) is 5.49. The van der Waals surface area contributed by atoms with Crippen LogP contribution in [0.4, 0.5) is 10.1 Å². The fourth-order valence-electron chi connectivity index (χ4n) is 5.32. The van der Waals surface area contributed by atoms with Crippen molar-refractivity contribution in [2.45, 2.75) is 44.9 Å². The van der Waals surface area contributed by atoms with Crippen LogP contribution in [0.15, 0.2) is 18.2 Å². The number of ether oxygens (including phenoxy) is 1. The van der Waals surface area contributed by atoms with E-state index in [0.29, 0.717) is 36.2 Å². The molecular formula is C27H33FN4O3. The van der Waals surface area contributed by atoms with E-state index < -0.39 is 0 Å². The van der Waals surface area contributed by atoms with Crippen LogP contribution in [0.5, 0.6) is 0 Å². The summed E-state index contributed by atoms with van der Waals surface area (Å²) in [6.45, 7) is 4.77. The molecule has 0 bridgehead atoms. The number of hydrogen-bond acceptors (Lipinski definition) is 4. The summed E-state index contributed by atoms with van der Waals surface area (Å²) in [5.41, 5.74) is 6.11. The highest BCUT2D eigenvalue weighted by Crippen LogP contribution is 2.35. The van der Waals surface area contributed by atoms with Gasteiger partial charge >= 0.3 is 0 Å². The predicted molar refractivity (Wildman–Crippen MR) is 134 cm³/mol. The normalized spacial score (nSPS) is 19.2. The van der Waals surface area contributed by atoms with Crippen LogP contribution in [0.2, 0.25) is 0 Å². The van der Waals surface area contributed by atoms with Crippen LogP contribution < -0.4 is 10.6 Å². The van der Waals surface area contributed by atoms with Crippen LogP contribution in [-0.4, -0.2) is 61.1 Å². The number of hydrogen-bond donors (Lipinski definition) is 3. The molecule has 7 nitrogen and oxygen atoms in total. The van der Waals surface area contributed by atoms with E-state index in [1.807, 2.05) is 6.08 Å². The van der Waals surface area contributed by atoms with Crippen LogP contribution in [0, 0.1) is 5.82 Å². The lowest BCUT2D eigenvalue weighted by atomic mass is 9.98. The Morgan fingerprint density at radius 1 is 1.17 bits per heavy atom. The second-order valence-electron chi connectivity index (χ2n) is 9.54. The molecule has 0 radical (unpaired) electrons. The highest BCUT2D eigenvalue weighted by Gasteiger charge is 2.26. The van der Waals surface area contributed by atoms with Crippen molar-refractivity contribution in [2.24, 2.45) is 0 Å². The number of carbonyl (C=O) groups is 2. The van der Waals surface area contributed by atoms with Gasteiger partial charge in [0.15, 0.2) is 0 Å². The molecule has 0 atom stereocenters. The topological polar surface area (TPSA) is 86.5 Å². The van der Waals surface area contributed by atoms with Gasteiger partial charge in [0.25, 0.3) is 5.91 Å². The molecule has 2 aliphatic heterocycles. The van der Waals surface area contributed by atoms with Gasteiger partial charge in [0.2, 0.25) is 5.91 Å². The van der Waals surface area contributed by atoms with Crippen LogP contribution in [0.1, 0.15) is 53.8 Å². The maximum absolute atomic E-state index is 13.9. The van der Waals surface area contributed by atoms with Crippen molar-refractivity contribution in [2.75, 3.05) is 44.7 Å². The standard InChI is InChI=1S/C27H33FN4O3/c28-18-6-8-24-21(16-18)22(27(34)31-24)17-25-20(19-4-2-1-3-5-23(19)30-25)7-9-26(33)29-10-11-32-12-14-35-15-13-32/h6,8,16-17,30H,1-5,7,9-15H2,(H,29,33)(H,31,34)/b22-17-. The number of amides is 2. The third-order valence-corrected chi connectivity index (χ3v) is 7.20. The van der Waals surface area contributed by atoms with Gasteiger partial charge in [0.05, 0.1) is 18.8 Å². The smallest absolute Gasteiger partial charge is 0.256 e. The van der Waals surface area contributed by atoms with Crippen molar-refractivity contribution in [3.8, 4) is 0 Å². The molecule has 0 spiro atoms. The van der Waals surface area contributed by atoms with Crippen LogP contribution in [0.25, 0.3) is 11.6 Å². The first-order valence-electron chi connectivity index (χ1n) is 12.7. The molecule has 0 saturated carbocycles. The van der Waals surface area contributed by atoms with E-state index in [1.165, 1.54) is 29.8 Å².